The third kappa shape index (κ3) is 3.55. The van der Waals surface area contributed by atoms with E-state index in [0.29, 0.717) is 19.3 Å². The van der Waals surface area contributed by atoms with Crippen LogP contribution in [-0.4, -0.2) is 74.3 Å². The van der Waals surface area contributed by atoms with E-state index < -0.39 is 70.7 Å². The molecule has 9 heteroatoms. The smallest absolute Gasteiger partial charge is 0.336 e. The van der Waals surface area contributed by atoms with Gasteiger partial charge in [-0.1, -0.05) is 31.1 Å². The second kappa shape index (κ2) is 9.09. The maximum Gasteiger partial charge on any atom is 0.336 e. The van der Waals surface area contributed by atoms with E-state index in [2.05, 4.69) is 0 Å². The lowest BCUT2D eigenvalue weighted by Crippen LogP contribution is -2.74. The minimum Gasteiger partial charge on any atom is -0.458 e. The summed E-state index contributed by atoms with van der Waals surface area (Å²) in [6.07, 6.45) is 3.49. The molecular formula is C30H40O9. The molecule has 39 heavy (non-hydrogen) atoms. The van der Waals surface area contributed by atoms with Gasteiger partial charge in [0.1, 0.15) is 23.4 Å². The first kappa shape index (κ1) is 28.2. The average Bonchev–Trinajstić information content (AvgIpc) is 3.08. The summed E-state index contributed by atoms with van der Waals surface area (Å²) in [5.74, 6) is -2.89. The molecule has 214 valence electrons. The van der Waals surface area contributed by atoms with E-state index in [0.717, 1.165) is 11.1 Å². The van der Waals surface area contributed by atoms with Crippen molar-refractivity contribution in [2.45, 2.75) is 96.2 Å². The number of aliphatic hydroxyl groups is 4. The number of ketones is 1. The van der Waals surface area contributed by atoms with Crippen LogP contribution in [-0.2, 0) is 23.9 Å². The second-order valence-electron chi connectivity index (χ2n) is 12.8. The van der Waals surface area contributed by atoms with E-state index in [1.807, 2.05) is 13.8 Å². The molecule has 0 amide bonds. The number of rotatable bonds is 4. The van der Waals surface area contributed by atoms with Crippen LogP contribution in [0.25, 0.3) is 0 Å². The Bertz CT molecular complexity index is 1200. The van der Waals surface area contributed by atoms with Crippen LogP contribution >= 0.6 is 0 Å². The summed E-state index contributed by atoms with van der Waals surface area (Å²) in [4.78, 5) is 38.2. The van der Waals surface area contributed by atoms with Gasteiger partial charge in [0.2, 0.25) is 0 Å². The lowest BCUT2D eigenvalue weighted by Gasteiger charge is -2.65. The topological polar surface area (TPSA) is 151 Å². The van der Waals surface area contributed by atoms with Crippen molar-refractivity contribution in [3.63, 3.8) is 0 Å². The Morgan fingerprint density at radius 3 is 2.54 bits per heavy atom. The van der Waals surface area contributed by atoms with Gasteiger partial charge < -0.3 is 29.9 Å². The monoisotopic (exact) mass is 544 g/mol. The highest BCUT2D eigenvalue weighted by Crippen LogP contribution is 2.69. The molecule has 0 aromatic rings. The van der Waals surface area contributed by atoms with Gasteiger partial charge in [0.25, 0.3) is 0 Å². The second-order valence-corrected chi connectivity index (χ2v) is 12.8. The Morgan fingerprint density at radius 1 is 1.23 bits per heavy atom. The van der Waals surface area contributed by atoms with Crippen LogP contribution in [0.3, 0.4) is 0 Å². The standard InChI is InChI=1S/C30H40O9/c1-15-11-22(39-26(35)18(15)14-31)16(2)20-13-25(38-17(3)32)30(37)21-12-24(34)29(36)9-6-7-23(33)28(29,5)19(21)8-10-27(20,30)4/h6-7,13,16,19,21-22,24-25,31,34,36-37H,8-12,14H2,1-5H3/t16-,19-,21+,22+,24+,25-,27+,28-,29-,30-/m0/s1. The Kier molecular flexibility index (Phi) is 6.58. The fourth-order valence-corrected chi connectivity index (χ4v) is 8.82. The SMILES string of the molecule is CC(=O)O[C@H]1C=C([C@H](C)[C@H]2CC(C)=C(CO)C(=O)O2)[C@@]2(C)CC[C@H]3[C@@H](C[C@@H](O)[C@@]4(O)CC=CC(=O)[C@]34C)[C@]12O. The molecule has 0 aromatic heterocycles. The highest BCUT2D eigenvalue weighted by molar-refractivity contribution is 5.97. The van der Waals surface area contributed by atoms with Crippen LogP contribution in [0.5, 0.6) is 0 Å². The van der Waals surface area contributed by atoms with Gasteiger partial charge in [0.15, 0.2) is 5.78 Å². The van der Waals surface area contributed by atoms with Gasteiger partial charge in [-0.3, -0.25) is 9.59 Å². The summed E-state index contributed by atoms with van der Waals surface area (Å²) >= 11 is 0. The van der Waals surface area contributed by atoms with E-state index >= 15 is 0 Å². The van der Waals surface area contributed by atoms with Crippen molar-refractivity contribution < 1.29 is 44.3 Å². The van der Waals surface area contributed by atoms with Crippen LogP contribution in [0, 0.1) is 28.6 Å². The van der Waals surface area contributed by atoms with Crippen molar-refractivity contribution in [1.29, 1.82) is 0 Å². The summed E-state index contributed by atoms with van der Waals surface area (Å²) in [6, 6.07) is 0. The number of allylic oxidation sites excluding steroid dienone is 1. The van der Waals surface area contributed by atoms with Gasteiger partial charge in [-0.05, 0) is 63.5 Å². The van der Waals surface area contributed by atoms with Gasteiger partial charge in [-0.2, -0.15) is 0 Å². The molecule has 4 aliphatic carbocycles. The molecule has 0 bridgehead atoms. The van der Waals surface area contributed by atoms with Crippen molar-refractivity contribution in [3.8, 4) is 0 Å². The number of hydrogen-bond acceptors (Lipinski definition) is 9. The molecule has 2 fully saturated rings. The Labute approximate surface area is 228 Å². The number of carbonyl (C=O) groups is 3. The van der Waals surface area contributed by atoms with Gasteiger partial charge in [-0.25, -0.2) is 4.79 Å². The van der Waals surface area contributed by atoms with Crippen LogP contribution in [0.1, 0.15) is 66.7 Å². The largest absolute Gasteiger partial charge is 0.458 e. The number of aliphatic hydroxyl groups excluding tert-OH is 2. The van der Waals surface area contributed by atoms with Gasteiger partial charge in [0, 0.05) is 24.7 Å². The van der Waals surface area contributed by atoms with Crippen molar-refractivity contribution in [2.24, 2.45) is 28.6 Å². The normalized spacial score (nSPS) is 46.1. The maximum absolute atomic E-state index is 13.4. The molecule has 5 aliphatic rings. The molecular weight excluding hydrogens is 504 g/mol. The minimum absolute atomic E-state index is 0.0390. The van der Waals surface area contributed by atoms with Crippen LogP contribution in [0.15, 0.2) is 34.9 Å². The van der Waals surface area contributed by atoms with Crippen molar-refractivity contribution in [2.75, 3.05) is 6.61 Å². The molecule has 9 nitrogen and oxygen atoms in total. The Hall–Kier alpha value is -2.33. The fourth-order valence-electron chi connectivity index (χ4n) is 8.82. The summed E-state index contributed by atoms with van der Waals surface area (Å²) < 4.78 is 11.5. The highest BCUT2D eigenvalue weighted by atomic mass is 16.6. The molecule has 0 saturated heterocycles. The van der Waals surface area contributed by atoms with Gasteiger partial charge in [0.05, 0.1) is 23.7 Å². The minimum atomic E-state index is -1.67. The summed E-state index contributed by atoms with van der Waals surface area (Å²) in [6.45, 7) is 8.19. The molecule has 10 atom stereocenters. The van der Waals surface area contributed by atoms with Gasteiger partial charge >= 0.3 is 11.9 Å². The molecule has 5 rings (SSSR count). The number of carbonyl (C=O) groups excluding carboxylic acids is 3. The van der Waals surface area contributed by atoms with E-state index in [4.69, 9.17) is 9.47 Å². The molecule has 1 heterocycles. The Balaban J connectivity index is 1.57. The number of hydrogen-bond donors (Lipinski definition) is 4. The summed E-state index contributed by atoms with van der Waals surface area (Å²) in [5, 5.41) is 45.3. The number of ether oxygens (including phenoxy) is 2. The zero-order chi connectivity index (χ0) is 28.7. The van der Waals surface area contributed by atoms with Gasteiger partial charge in [-0.15, -0.1) is 0 Å². The fraction of sp³-hybridized carbons (Fsp3) is 0.700. The van der Waals surface area contributed by atoms with Crippen molar-refractivity contribution in [3.05, 3.63) is 34.9 Å². The first-order valence-electron chi connectivity index (χ1n) is 13.9. The predicted octanol–water partition coefficient (Wildman–Crippen LogP) is 1.91. The first-order valence-corrected chi connectivity index (χ1v) is 13.9. The van der Waals surface area contributed by atoms with Crippen LogP contribution < -0.4 is 0 Å². The molecule has 2 saturated carbocycles. The lowest BCUT2D eigenvalue weighted by atomic mass is 9.41. The number of fused-ring (bicyclic) bond motifs is 5. The number of esters is 2. The average molecular weight is 545 g/mol. The zero-order valence-corrected chi connectivity index (χ0v) is 23.3. The third-order valence-corrected chi connectivity index (χ3v) is 11.2. The lowest BCUT2D eigenvalue weighted by molar-refractivity contribution is -0.273. The molecule has 0 unspecified atom stereocenters. The van der Waals surface area contributed by atoms with Crippen molar-refractivity contribution >= 4 is 17.7 Å². The van der Waals surface area contributed by atoms with Crippen molar-refractivity contribution in [1.82, 2.24) is 0 Å². The third-order valence-electron chi connectivity index (χ3n) is 11.2. The quantitative estimate of drug-likeness (QED) is 0.307. The highest BCUT2D eigenvalue weighted by Gasteiger charge is 2.74. The van der Waals surface area contributed by atoms with Crippen LogP contribution in [0.2, 0.25) is 0 Å². The van der Waals surface area contributed by atoms with E-state index in [9.17, 15) is 34.8 Å². The molecule has 0 spiro atoms. The van der Waals surface area contributed by atoms with E-state index in [1.54, 1.807) is 26.0 Å². The molecule has 4 N–H and O–H groups in total. The molecule has 1 aliphatic heterocycles. The summed E-state index contributed by atoms with van der Waals surface area (Å²) in [7, 11) is 0. The number of cyclic esters (lactones) is 1. The zero-order valence-electron chi connectivity index (χ0n) is 23.3. The van der Waals surface area contributed by atoms with E-state index in [-0.39, 0.29) is 30.1 Å². The Morgan fingerprint density at radius 2 is 1.92 bits per heavy atom. The first-order chi connectivity index (χ1) is 18.2. The molecule has 0 aromatic carbocycles. The maximum atomic E-state index is 13.4. The van der Waals surface area contributed by atoms with E-state index in [1.165, 1.54) is 13.0 Å². The van der Waals surface area contributed by atoms with Crippen LogP contribution in [0.4, 0.5) is 0 Å². The predicted molar refractivity (Wildman–Crippen MR) is 139 cm³/mol. The molecule has 0 radical (unpaired) electrons. The summed E-state index contributed by atoms with van der Waals surface area (Å²) in [5.41, 5.74) is -3.78.